The van der Waals surface area contributed by atoms with Gasteiger partial charge in [-0.1, -0.05) is 13.8 Å². The lowest BCUT2D eigenvalue weighted by Gasteiger charge is -2.39. The van der Waals surface area contributed by atoms with Gasteiger partial charge in [0.2, 0.25) is 10.0 Å². The summed E-state index contributed by atoms with van der Waals surface area (Å²) >= 11 is 0. The quantitative estimate of drug-likeness (QED) is 0.783. The molecule has 0 aromatic carbocycles. The van der Waals surface area contributed by atoms with E-state index in [9.17, 15) is 16.8 Å². The van der Waals surface area contributed by atoms with E-state index in [-0.39, 0.29) is 12.6 Å². The third kappa shape index (κ3) is 4.64. The van der Waals surface area contributed by atoms with Gasteiger partial charge in [-0.05, 0) is 31.1 Å². The Bertz CT molecular complexity index is 580. The second-order valence-electron chi connectivity index (χ2n) is 6.86. The summed E-state index contributed by atoms with van der Waals surface area (Å²) in [5.74, 6) is 0.710. The molecule has 0 aromatic rings. The molecule has 2 aliphatic heterocycles. The van der Waals surface area contributed by atoms with Crippen LogP contribution in [0, 0.1) is 11.8 Å². The van der Waals surface area contributed by atoms with Crippen molar-refractivity contribution in [3.63, 3.8) is 0 Å². The van der Waals surface area contributed by atoms with Crippen LogP contribution in [0.5, 0.6) is 0 Å². The third-order valence-electron chi connectivity index (χ3n) is 4.25. The van der Waals surface area contributed by atoms with Crippen LogP contribution < -0.4 is 4.72 Å². The van der Waals surface area contributed by atoms with Crippen molar-refractivity contribution in [3.8, 4) is 0 Å². The van der Waals surface area contributed by atoms with E-state index in [0.29, 0.717) is 44.3 Å². The molecule has 7 nitrogen and oxygen atoms in total. The first-order valence-electron chi connectivity index (χ1n) is 7.80. The summed E-state index contributed by atoms with van der Waals surface area (Å²) in [4.78, 5) is 0. The lowest BCUT2D eigenvalue weighted by Crippen LogP contribution is -2.55. The molecule has 0 saturated carbocycles. The molecule has 2 heterocycles. The highest BCUT2D eigenvalue weighted by atomic mass is 32.2. The molecular formula is C13H27N3O4S2. The van der Waals surface area contributed by atoms with E-state index in [1.165, 1.54) is 4.31 Å². The van der Waals surface area contributed by atoms with Gasteiger partial charge in [0, 0.05) is 32.2 Å². The number of rotatable bonds is 4. The minimum absolute atomic E-state index is 0.217. The van der Waals surface area contributed by atoms with Gasteiger partial charge in [0.05, 0.1) is 6.26 Å². The van der Waals surface area contributed by atoms with Gasteiger partial charge in [-0.3, -0.25) is 0 Å². The summed E-state index contributed by atoms with van der Waals surface area (Å²) in [5, 5.41) is 0. The van der Waals surface area contributed by atoms with E-state index in [1.54, 1.807) is 4.31 Å². The fourth-order valence-electron chi connectivity index (χ4n) is 3.51. The van der Waals surface area contributed by atoms with Crippen LogP contribution in [0.2, 0.25) is 0 Å². The minimum atomic E-state index is -3.51. The van der Waals surface area contributed by atoms with Crippen molar-refractivity contribution in [1.82, 2.24) is 13.3 Å². The highest BCUT2D eigenvalue weighted by Gasteiger charge is 2.37. The zero-order valence-corrected chi connectivity index (χ0v) is 15.2. The summed E-state index contributed by atoms with van der Waals surface area (Å²) in [7, 11) is -6.83. The fraction of sp³-hybridized carbons (Fsp3) is 1.00. The maximum atomic E-state index is 12.8. The van der Waals surface area contributed by atoms with Crippen molar-refractivity contribution in [2.24, 2.45) is 11.8 Å². The molecular weight excluding hydrogens is 326 g/mol. The van der Waals surface area contributed by atoms with E-state index in [1.807, 2.05) is 0 Å². The highest BCUT2D eigenvalue weighted by molar-refractivity contribution is 7.88. The third-order valence-corrected chi connectivity index (χ3v) is 6.95. The van der Waals surface area contributed by atoms with Gasteiger partial charge < -0.3 is 0 Å². The van der Waals surface area contributed by atoms with Crippen LogP contribution in [0.1, 0.15) is 33.1 Å². The lowest BCUT2D eigenvalue weighted by atomic mass is 9.94. The maximum Gasteiger partial charge on any atom is 0.282 e. The Morgan fingerprint density at radius 1 is 0.955 bits per heavy atom. The van der Waals surface area contributed by atoms with Crippen molar-refractivity contribution in [1.29, 1.82) is 0 Å². The smallest absolute Gasteiger partial charge is 0.213 e. The average molecular weight is 354 g/mol. The van der Waals surface area contributed by atoms with Crippen LogP contribution in [0.25, 0.3) is 0 Å². The molecule has 2 fully saturated rings. The second-order valence-corrected chi connectivity index (χ2v) is 10.6. The highest BCUT2D eigenvalue weighted by Crippen LogP contribution is 2.26. The molecule has 0 unspecified atom stereocenters. The zero-order valence-electron chi connectivity index (χ0n) is 13.5. The lowest BCUT2D eigenvalue weighted by molar-refractivity contribution is 0.200. The van der Waals surface area contributed by atoms with Gasteiger partial charge in [0.15, 0.2) is 0 Å². The van der Waals surface area contributed by atoms with Crippen LogP contribution in [0.15, 0.2) is 0 Å². The molecule has 130 valence electrons. The van der Waals surface area contributed by atoms with E-state index in [2.05, 4.69) is 18.6 Å². The van der Waals surface area contributed by atoms with Crippen molar-refractivity contribution < 1.29 is 16.8 Å². The molecule has 0 aromatic heterocycles. The van der Waals surface area contributed by atoms with Gasteiger partial charge in [-0.15, -0.1) is 0 Å². The molecule has 2 rings (SSSR count). The number of sulfonamides is 1. The van der Waals surface area contributed by atoms with E-state index in [0.717, 1.165) is 12.7 Å². The number of nitrogens with zero attached hydrogens (tertiary/aromatic N) is 2. The van der Waals surface area contributed by atoms with E-state index in [4.69, 9.17) is 0 Å². The molecule has 1 N–H and O–H groups in total. The second kappa shape index (κ2) is 6.72. The van der Waals surface area contributed by atoms with Crippen molar-refractivity contribution in [2.45, 2.75) is 39.2 Å². The first-order valence-corrected chi connectivity index (χ1v) is 11.1. The summed E-state index contributed by atoms with van der Waals surface area (Å²) in [6.45, 7) is 5.92. The van der Waals surface area contributed by atoms with Gasteiger partial charge in [-0.25, -0.2) is 13.1 Å². The maximum absolute atomic E-state index is 12.8. The molecule has 2 aliphatic rings. The van der Waals surface area contributed by atoms with E-state index < -0.39 is 20.2 Å². The zero-order chi connectivity index (χ0) is 16.5. The molecule has 0 aliphatic carbocycles. The number of hydrogen-bond donors (Lipinski definition) is 1. The number of nitrogens with one attached hydrogen (secondary N) is 1. The Morgan fingerprint density at radius 2 is 1.55 bits per heavy atom. The van der Waals surface area contributed by atoms with Crippen LogP contribution in [-0.4, -0.2) is 63.9 Å². The molecule has 0 spiro atoms. The SMILES string of the molecule is C[C@@H]1C[C@@H](C)CN(S(=O)(=O)N2CCC[C@H](NS(C)(=O)=O)C2)C1. The Hall–Kier alpha value is -0.220. The Morgan fingerprint density at radius 3 is 2.09 bits per heavy atom. The van der Waals surface area contributed by atoms with Crippen LogP contribution in [0.4, 0.5) is 0 Å². The standard InChI is InChI=1S/C13H27N3O4S2/c1-11-7-12(2)9-16(8-11)22(19,20)15-6-4-5-13(10-15)14-21(3,17)18/h11-14H,4-10H2,1-3H3/t11-,12-,13+/m1/s1. The van der Waals surface area contributed by atoms with Crippen LogP contribution >= 0.6 is 0 Å². The number of piperidine rings is 2. The first-order chi connectivity index (χ1) is 10.1. The van der Waals surface area contributed by atoms with Gasteiger partial charge in [0.1, 0.15) is 0 Å². The molecule has 22 heavy (non-hydrogen) atoms. The van der Waals surface area contributed by atoms with Gasteiger partial charge >= 0.3 is 0 Å². The topological polar surface area (TPSA) is 86.8 Å². The van der Waals surface area contributed by atoms with Crippen LogP contribution in [0.3, 0.4) is 0 Å². The van der Waals surface area contributed by atoms with Crippen LogP contribution in [-0.2, 0) is 20.2 Å². The monoisotopic (exact) mass is 353 g/mol. The predicted octanol–water partition coefficient (Wildman–Crippen LogP) is 0.223. The van der Waals surface area contributed by atoms with Gasteiger partial charge in [0.25, 0.3) is 10.2 Å². The molecule has 3 atom stereocenters. The fourth-order valence-corrected chi connectivity index (χ4v) is 6.25. The molecule has 9 heteroatoms. The minimum Gasteiger partial charge on any atom is -0.213 e. The van der Waals surface area contributed by atoms with E-state index >= 15 is 0 Å². The summed E-state index contributed by atoms with van der Waals surface area (Å²) < 4.78 is 53.9. The van der Waals surface area contributed by atoms with Crippen molar-refractivity contribution in [2.75, 3.05) is 32.4 Å². The van der Waals surface area contributed by atoms with Crippen molar-refractivity contribution >= 4 is 20.2 Å². The molecule has 0 amide bonds. The Labute approximate surface area is 134 Å². The number of hydrogen-bond acceptors (Lipinski definition) is 4. The summed E-state index contributed by atoms with van der Waals surface area (Å²) in [6, 6.07) is -0.335. The Kier molecular flexibility index (Phi) is 5.54. The predicted molar refractivity (Wildman–Crippen MR) is 86.0 cm³/mol. The Balaban J connectivity index is 2.08. The normalized spacial score (nSPS) is 33.0. The molecule has 2 saturated heterocycles. The summed E-state index contributed by atoms with van der Waals surface area (Å²) in [6.07, 6.45) is 3.50. The first kappa shape index (κ1) is 18.1. The largest absolute Gasteiger partial charge is 0.282 e. The average Bonchev–Trinajstić information content (AvgIpc) is 2.35. The van der Waals surface area contributed by atoms with Crippen molar-refractivity contribution in [3.05, 3.63) is 0 Å². The molecule has 0 bridgehead atoms. The molecule has 0 radical (unpaired) electrons. The van der Waals surface area contributed by atoms with Gasteiger partial charge in [-0.2, -0.15) is 17.0 Å². The summed E-state index contributed by atoms with van der Waals surface area (Å²) in [5.41, 5.74) is 0.